The average Bonchev–Trinajstić information content (AvgIpc) is 3.48. The summed E-state index contributed by atoms with van der Waals surface area (Å²) in [4.78, 5) is 21.9. The molecule has 0 amide bonds. The first kappa shape index (κ1) is 21.1. The third-order valence-electron chi connectivity index (χ3n) is 6.24. The van der Waals surface area contributed by atoms with E-state index in [1.54, 1.807) is 24.3 Å². The van der Waals surface area contributed by atoms with E-state index in [-0.39, 0.29) is 23.7 Å². The summed E-state index contributed by atoms with van der Waals surface area (Å²) in [5, 5.41) is 3.63. The van der Waals surface area contributed by atoms with E-state index >= 15 is 0 Å². The Morgan fingerprint density at radius 3 is 2.61 bits per heavy atom. The van der Waals surface area contributed by atoms with Gasteiger partial charge in [-0.15, -0.1) is 0 Å². The molecule has 0 saturated heterocycles. The van der Waals surface area contributed by atoms with E-state index in [2.05, 4.69) is 19.9 Å². The van der Waals surface area contributed by atoms with Crippen molar-refractivity contribution < 1.29 is 13.6 Å². The van der Waals surface area contributed by atoms with E-state index in [4.69, 9.17) is 5.73 Å². The molecule has 2 heterocycles. The van der Waals surface area contributed by atoms with Crippen LogP contribution in [0.15, 0.2) is 55.0 Å². The quantitative estimate of drug-likeness (QED) is 0.394. The molecule has 0 unspecified atom stereocenters. The highest BCUT2D eigenvalue weighted by Crippen LogP contribution is 2.35. The van der Waals surface area contributed by atoms with Gasteiger partial charge >= 0.3 is 0 Å². The van der Waals surface area contributed by atoms with Gasteiger partial charge < -0.3 is 15.6 Å². The van der Waals surface area contributed by atoms with Crippen LogP contribution in [0.2, 0.25) is 0 Å². The molecule has 1 aliphatic rings. The number of halogens is 2. The molecule has 3 N–H and O–H groups in total. The van der Waals surface area contributed by atoms with Gasteiger partial charge in [0.1, 0.15) is 29.4 Å². The van der Waals surface area contributed by atoms with Gasteiger partial charge in [-0.1, -0.05) is 12.8 Å². The second kappa shape index (κ2) is 8.61. The van der Waals surface area contributed by atoms with E-state index in [1.807, 2.05) is 6.20 Å². The smallest absolute Gasteiger partial charge is 0.195 e. The fourth-order valence-electron chi connectivity index (χ4n) is 4.51. The van der Waals surface area contributed by atoms with Gasteiger partial charge in [0.05, 0.1) is 10.9 Å². The van der Waals surface area contributed by atoms with Gasteiger partial charge in [0.25, 0.3) is 0 Å². The van der Waals surface area contributed by atoms with Crippen LogP contribution in [0.25, 0.3) is 11.0 Å². The fourth-order valence-corrected chi connectivity index (χ4v) is 4.51. The molecule has 1 saturated carbocycles. The minimum atomic E-state index is -0.492. The van der Waals surface area contributed by atoms with Crippen molar-refractivity contribution in [1.29, 1.82) is 0 Å². The highest BCUT2D eigenvalue weighted by Gasteiger charge is 2.25. The van der Waals surface area contributed by atoms with Crippen LogP contribution in [0, 0.1) is 11.6 Å². The van der Waals surface area contributed by atoms with Gasteiger partial charge in [-0.3, -0.25) is 4.79 Å². The molecule has 168 valence electrons. The van der Waals surface area contributed by atoms with E-state index in [9.17, 15) is 13.6 Å². The normalized spacial score (nSPS) is 14.1. The molecule has 6 nitrogen and oxygen atoms in total. The molecule has 2 aromatic carbocycles. The average molecular weight is 447 g/mol. The molecule has 5 rings (SSSR count). The van der Waals surface area contributed by atoms with Gasteiger partial charge in [-0.2, -0.15) is 0 Å². The van der Waals surface area contributed by atoms with Crippen molar-refractivity contribution >= 4 is 28.3 Å². The van der Waals surface area contributed by atoms with Crippen LogP contribution in [0.1, 0.15) is 53.2 Å². The highest BCUT2D eigenvalue weighted by molar-refractivity contribution is 6.18. The predicted octanol–water partition coefficient (Wildman–Crippen LogP) is 5.25. The first-order valence-corrected chi connectivity index (χ1v) is 10.9. The molecule has 8 heteroatoms. The Morgan fingerprint density at radius 2 is 1.85 bits per heavy atom. The number of nitrogens with zero attached hydrogens (tertiary/aromatic N) is 3. The standard InChI is InChI=1S/C25H23F2N5O/c26-17-7-10-21(27)16(11-17)12-29-18-8-5-15(6-9-18)23(33)20-13-32(19-3-1-2-4-19)25-22(20)24(28)30-14-31-25/h5-11,13-14,19,29H,1-4,12H2,(H2,28,30,31). The van der Waals surface area contributed by atoms with Crippen molar-refractivity contribution in [1.82, 2.24) is 14.5 Å². The summed E-state index contributed by atoms with van der Waals surface area (Å²) >= 11 is 0. The highest BCUT2D eigenvalue weighted by atomic mass is 19.1. The van der Waals surface area contributed by atoms with Gasteiger partial charge in [-0.05, 0) is 55.3 Å². The van der Waals surface area contributed by atoms with E-state index in [0.29, 0.717) is 33.9 Å². The van der Waals surface area contributed by atoms with Crippen molar-refractivity contribution in [3.8, 4) is 0 Å². The second-order valence-corrected chi connectivity index (χ2v) is 8.34. The molecule has 1 fully saturated rings. The number of nitrogens with two attached hydrogens (primary N) is 1. The largest absolute Gasteiger partial charge is 0.383 e. The number of carbonyl (C=O) groups is 1. The Hall–Kier alpha value is -3.81. The Kier molecular flexibility index (Phi) is 5.50. The Bertz CT molecular complexity index is 1330. The number of benzene rings is 2. The zero-order valence-corrected chi connectivity index (χ0v) is 17.9. The zero-order chi connectivity index (χ0) is 22.9. The number of ketones is 1. The third-order valence-corrected chi connectivity index (χ3v) is 6.24. The summed E-state index contributed by atoms with van der Waals surface area (Å²) < 4.78 is 29.3. The maximum atomic E-state index is 13.8. The van der Waals surface area contributed by atoms with Gasteiger partial charge in [0.15, 0.2) is 5.78 Å². The number of hydrogen-bond donors (Lipinski definition) is 2. The number of hydrogen-bond acceptors (Lipinski definition) is 5. The summed E-state index contributed by atoms with van der Waals surface area (Å²) in [7, 11) is 0. The van der Waals surface area contributed by atoms with Crippen LogP contribution in [-0.4, -0.2) is 20.3 Å². The lowest BCUT2D eigenvalue weighted by atomic mass is 10.0. The molecule has 0 aliphatic heterocycles. The second-order valence-electron chi connectivity index (χ2n) is 8.34. The number of aromatic nitrogens is 3. The molecule has 0 spiro atoms. The summed E-state index contributed by atoms with van der Waals surface area (Å²) in [5.74, 6) is -0.847. The Labute approximate surface area is 189 Å². The maximum absolute atomic E-state index is 13.8. The van der Waals surface area contributed by atoms with Gasteiger partial charge in [0.2, 0.25) is 0 Å². The monoisotopic (exact) mass is 447 g/mol. The number of anilines is 2. The third kappa shape index (κ3) is 4.04. The first-order valence-electron chi connectivity index (χ1n) is 10.9. The molecule has 1 aliphatic carbocycles. The molecule has 33 heavy (non-hydrogen) atoms. The minimum absolute atomic E-state index is 0.125. The molecule has 0 radical (unpaired) electrons. The minimum Gasteiger partial charge on any atom is -0.383 e. The maximum Gasteiger partial charge on any atom is 0.195 e. The molecular weight excluding hydrogens is 424 g/mol. The van der Waals surface area contributed by atoms with Gasteiger partial charge in [-0.25, -0.2) is 18.7 Å². The Morgan fingerprint density at radius 1 is 1.09 bits per heavy atom. The zero-order valence-electron chi connectivity index (χ0n) is 17.9. The van der Waals surface area contributed by atoms with Crippen LogP contribution in [0.3, 0.4) is 0 Å². The van der Waals surface area contributed by atoms with Gasteiger partial charge in [0, 0.05) is 35.6 Å². The van der Waals surface area contributed by atoms with Crippen LogP contribution in [0.5, 0.6) is 0 Å². The lowest BCUT2D eigenvalue weighted by Crippen LogP contribution is -2.05. The lowest BCUT2D eigenvalue weighted by Gasteiger charge is -2.12. The topological polar surface area (TPSA) is 85.8 Å². The summed E-state index contributed by atoms with van der Waals surface area (Å²) in [6.45, 7) is 0.125. The van der Waals surface area contributed by atoms with E-state index in [0.717, 1.165) is 43.9 Å². The number of nitrogens with one attached hydrogen (secondary N) is 1. The van der Waals surface area contributed by atoms with Crippen molar-refractivity contribution in [3.05, 3.63) is 83.3 Å². The fraction of sp³-hybridized carbons (Fsp3) is 0.240. The summed E-state index contributed by atoms with van der Waals surface area (Å²) in [6.07, 6.45) is 7.69. The van der Waals surface area contributed by atoms with Crippen molar-refractivity contribution in [2.75, 3.05) is 11.1 Å². The number of nitrogen functional groups attached to an aromatic ring is 1. The van der Waals surface area contributed by atoms with Crippen LogP contribution in [-0.2, 0) is 6.54 Å². The van der Waals surface area contributed by atoms with Crippen molar-refractivity contribution in [2.45, 2.75) is 38.3 Å². The van der Waals surface area contributed by atoms with E-state index < -0.39 is 11.6 Å². The Balaban J connectivity index is 1.40. The molecule has 0 atom stereocenters. The molecular formula is C25H23F2N5O. The summed E-state index contributed by atoms with van der Waals surface area (Å²) in [5.41, 5.74) is 8.72. The number of carbonyl (C=O) groups excluding carboxylic acids is 1. The predicted molar refractivity (Wildman–Crippen MR) is 123 cm³/mol. The molecule has 4 aromatic rings. The number of fused-ring (bicyclic) bond motifs is 1. The van der Waals surface area contributed by atoms with Crippen molar-refractivity contribution in [3.63, 3.8) is 0 Å². The van der Waals surface area contributed by atoms with Crippen LogP contribution in [0.4, 0.5) is 20.3 Å². The van der Waals surface area contributed by atoms with Crippen molar-refractivity contribution in [2.24, 2.45) is 0 Å². The summed E-state index contributed by atoms with van der Waals surface area (Å²) in [6, 6.07) is 10.5. The van der Waals surface area contributed by atoms with Crippen LogP contribution >= 0.6 is 0 Å². The van der Waals surface area contributed by atoms with E-state index in [1.165, 1.54) is 6.33 Å². The SMILES string of the molecule is Nc1ncnc2c1c(C(=O)c1ccc(NCc3cc(F)ccc3F)cc1)cn2C1CCCC1. The molecule has 0 bridgehead atoms. The first-order chi connectivity index (χ1) is 16.0. The molecule has 2 aromatic heterocycles. The van der Waals surface area contributed by atoms with Crippen LogP contribution < -0.4 is 11.1 Å². The number of rotatable bonds is 6. The lowest BCUT2D eigenvalue weighted by molar-refractivity contribution is 0.104.